The van der Waals surface area contributed by atoms with Crippen molar-refractivity contribution in [1.82, 2.24) is 10.2 Å². The summed E-state index contributed by atoms with van der Waals surface area (Å²) in [6, 6.07) is 13.5. The van der Waals surface area contributed by atoms with E-state index in [1.807, 2.05) is 43.3 Å². The average Bonchev–Trinajstić information content (AvgIpc) is 2.57. The highest BCUT2D eigenvalue weighted by Crippen LogP contribution is 2.19. The quantitative estimate of drug-likeness (QED) is 0.857. The Morgan fingerprint density at radius 2 is 1.92 bits per heavy atom. The van der Waals surface area contributed by atoms with Crippen molar-refractivity contribution in [2.24, 2.45) is 0 Å². The van der Waals surface area contributed by atoms with Gasteiger partial charge in [-0.05, 0) is 42.7 Å². The van der Waals surface area contributed by atoms with Crippen LogP contribution in [0.4, 0.5) is 4.79 Å². The minimum atomic E-state index is -0.100. The van der Waals surface area contributed by atoms with Crippen LogP contribution >= 0.6 is 11.6 Å². The van der Waals surface area contributed by atoms with Gasteiger partial charge in [0.25, 0.3) is 0 Å². The van der Waals surface area contributed by atoms with Gasteiger partial charge >= 0.3 is 6.03 Å². The molecule has 0 saturated heterocycles. The number of methoxy groups -OCH3 is 1. The van der Waals surface area contributed by atoms with Crippen LogP contribution in [0.15, 0.2) is 42.5 Å². The molecular formula is C19H23ClN2O2. The first-order chi connectivity index (χ1) is 11.5. The number of carbonyl (C=O) groups excluding carboxylic acids is 1. The number of carbonyl (C=O) groups is 1. The first-order valence-electron chi connectivity index (χ1n) is 7.86. The summed E-state index contributed by atoms with van der Waals surface area (Å²) in [4.78, 5) is 13.8. The monoisotopic (exact) mass is 346 g/mol. The Morgan fingerprint density at radius 1 is 1.21 bits per heavy atom. The third-order valence-electron chi connectivity index (χ3n) is 3.79. The number of hydrogen-bond acceptors (Lipinski definition) is 2. The molecule has 0 unspecified atom stereocenters. The molecule has 0 saturated carbocycles. The number of hydrogen-bond donors (Lipinski definition) is 1. The normalized spacial score (nSPS) is 10.3. The predicted octanol–water partition coefficient (Wildman–Crippen LogP) is 4.04. The van der Waals surface area contributed by atoms with Crippen LogP contribution in [0, 0.1) is 6.92 Å². The smallest absolute Gasteiger partial charge is 0.317 e. The van der Waals surface area contributed by atoms with Crippen LogP contribution < -0.4 is 10.1 Å². The SMILES string of the molecule is COc1ccc(C)cc1CCNC(=O)N(C)Cc1ccc(Cl)cc1. The van der Waals surface area contributed by atoms with Crippen molar-refractivity contribution in [3.8, 4) is 5.75 Å². The Labute approximate surface area is 148 Å². The maximum atomic E-state index is 12.2. The lowest BCUT2D eigenvalue weighted by Gasteiger charge is -2.18. The van der Waals surface area contributed by atoms with Gasteiger partial charge in [0.2, 0.25) is 0 Å². The van der Waals surface area contributed by atoms with Gasteiger partial charge in [-0.25, -0.2) is 4.79 Å². The van der Waals surface area contributed by atoms with Gasteiger partial charge in [-0.1, -0.05) is 41.4 Å². The lowest BCUT2D eigenvalue weighted by molar-refractivity contribution is 0.207. The zero-order chi connectivity index (χ0) is 17.5. The van der Waals surface area contributed by atoms with Crippen molar-refractivity contribution in [2.45, 2.75) is 19.9 Å². The molecule has 4 nitrogen and oxygen atoms in total. The second-order valence-corrected chi connectivity index (χ2v) is 6.22. The maximum absolute atomic E-state index is 12.2. The molecule has 0 spiro atoms. The van der Waals surface area contributed by atoms with E-state index in [0.717, 1.165) is 23.3 Å². The first-order valence-corrected chi connectivity index (χ1v) is 8.24. The predicted molar refractivity (Wildman–Crippen MR) is 97.8 cm³/mol. The molecule has 0 aliphatic heterocycles. The van der Waals surface area contributed by atoms with E-state index in [9.17, 15) is 4.79 Å². The number of aryl methyl sites for hydroxylation is 1. The van der Waals surface area contributed by atoms with E-state index in [1.54, 1.807) is 19.1 Å². The fourth-order valence-electron chi connectivity index (χ4n) is 2.48. The van der Waals surface area contributed by atoms with Gasteiger partial charge in [-0.2, -0.15) is 0 Å². The van der Waals surface area contributed by atoms with Crippen molar-refractivity contribution in [2.75, 3.05) is 20.7 Å². The molecule has 1 N–H and O–H groups in total. The van der Waals surface area contributed by atoms with Crippen LogP contribution in [0.25, 0.3) is 0 Å². The molecule has 128 valence electrons. The van der Waals surface area contributed by atoms with E-state index < -0.39 is 0 Å². The highest BCUT2D eigenvalue weighted by Gasteiger charge is 2.09. The number of ether oxygens (including phenoxy) is 1. The third-order valence-corrected chi connectivity index (χ3v) is 4.04. The lowest BCUT2D eigenvalue weighted by atomic mass is 10.1. The molecule has 0 radical (unpaired) electrons. The van der Waals surface area contributed by atoms with E-state index in [-0.39, 0.29) is 6.03 Å². The number of amides is 2. The minimum absolute atomic E-state index is 0.100. The Hall–Kier alpha value is -2.20. The first kappa shape index (κ1) is 18.1. The van der Waals surface area contributed by atoms with Crippen molar-refractivity contribution in [1.29, 1.82) is 0 Å². The van der Waals surface area contributed by atoms with Crippen LogP contribution in [0.5, 0.6) is 5.75 Å². The molecule has 5 heteroatoms. The Bertz CT molecular complexity index is 686. The number of nitrogens with zero attached hydrogens (tertiary/aromatic N) is 1. The van der Waals surface area contributed by atoms with Crippen LogP contribution in [0.3, 0.4) is 0 Å². The molecule has 0 atom stereocenters. The van der Waals surface area contributed by atoms with Gasteiger partial charge in [0.05, 0.1) is 7.11 Å². The molecule has 2 aromatic carbocycles. The summed E-state index contributed by atoms with van der Waals surface area (Å²) in [5.74, 6) is 0.851. The summed E-state index contributed by atoms with van der Waals surface area (Å²) in [6.07, 6.45) is 0.728. The van der Waals surface area contributed by atoms with Gasteiger partial charge in [-0.15, -0.1) is 0 Å². The summed E-state index contributed by atoms with van der Waals surface area (Å²) >= 11 is 5.87. The summed E-state index contributed by atoms with van der Waals surface area (Å²) in [6.45, 7) is 3.14. The van der Waals surface area contributed by atoms with Gasteiger partial charge in [0.15, 0.2) is 0 Å². The molecule has 2 aromatic rings. The van der Waals surface area contributed by atoms with Crippen LogP contribution in [0.1, 0.15) is 16.7 Å². The van der Waals surface area contributed by atoms with E-state index in [2.05, 4.69) is 11.4 Å². The Balaban J connectivity index is 1.84. The lowest BCUT2D eigenvalue weighted by Crippen LogP contribution is -2.37. The highest BCUT2D eigenvalue weighted by atomic mass is 35.5. The third kappa shape index (κ3) is 5.17. The molecule has 0 aliphatic carbocycles. The zero-order valence-electron chi connectivity index (χ0n) is 14.3. The van der Waals surface area contributed by atoms with E-state index >= 15 is 0 Å². The molecule has 0 bridgehead atoms. The molecule has 2 rings (SSSR count). The minimum Gasteiger partial charge on any atom is -0.496 e. The van der Waals surface area contributed by atoms with E-state index in [0.29, 0.717) is 18.1 Å². The van der Waals surface area contributed by atoms with Crippen molar-refractivity contribution < 1.29 is 9.53 Å². The maximum Gasteiger partial charge on any atom is 0.317 e. The topological polar surface area (TPSA) is 41.6 Å². The van der Waals surface area contributed by atoms with E-state index in [4.69, 9.17) is 16.3 Å². The van der Waals surface area contributed by atoms with Gasteiger partial charge < -0.3 is 15.0 Å². The fourth-order valence-corrected chi connectivity index (χ4v) is 2.60. The molecular weight excluding hydrogens is 324 g/mol. The standard InChI is InChI=1S/C19H23ClN2O2/c1-14-4-9-18(24-3)16(12-14)10-11-21-19(23)22(2)13-15-5-7-17(20)8-6-15/h4-9,12H,10-11,13H2,1-3H3,(H,21,23). The van der Waals surface area contributed by atoms with Crippen LogP contribution in [-0.4, -0.2) is 31.6 Å². The van der Waals surface area contributed by atoms with Crippen molar-refractivity contribution >= 4 is 17.6 Å². The number of benzene rings is 2. The summed E-state index contributed by atoms with van der Waals surface area (Å²) < 4.78 is 5.36. The summed E-state index contributed by atoms with van der Waals surface area (Å²) in [5.41, 5.74) is 3.31. The molecule has 24 heavy (non-hydrogen) atoms. The molecule has 0 aliphatic rings. The van der Waals surface area contributed by atoms with Crippen molar-refractivity contribution in [3.63, 3.8) is 0 Å². The second-order valence-electron chi connectivity index (χ2n) is 5.78. The van der Waals surface area contributed by atoms with Gasteiger partial charge in [0.1, 0.15) is 5.75 Å². The second kappa shape index (κ2) is 8.60. The fraction of sp³-hybridized carbons (Fsp3) is 0.316. The van der Waals surface area contributed by atoms with Crippen LogP contribution in [0.2, 0.25) is 5.02 Å². The van der Waals surface area contributed by atoms with Gasteiger partial charge in [0, 0.05) is 25.2 Å². The highest BCUT2D eigenvalue weighted by molar-refractivity contribution is 6.30. The Morgan fingerprint density at radius 3 is 2.58 bits per heavy atom. The zero-order valence-corrected chi connectivity index (χ0v) is 15.1. The number of urea groups is 1. The number of halogens is 1. The van der Waals surface area contributed by atoms with Gasteiger partial charge in [-0.3, -0.25) is 0 Å². The number of rotatable bonds is 6. The molecule has 0 aromatic heterocycles. The molecule has 0 fully saturated rings. The summed E-state index contributed by atoms with van der Waals surface area (Å²) in [7, 11) is 3.43. The Kier molecular flexibility index (Phi) is 6.50. The summed E-state index contributed by atoms with van der Waals surface area (Å²) in [5, 5.41) is 3.63. The van der Waals surface area contributed by atoms with Crippen molar-refractivity contribution in [3.05, 3.63) is 64.2 Å². The van der Waals surface area contributed by atoms with Crippen LogP contribution in [-0.2, 0) is 13.0 Å². The molecule has 0 heterocycles. The number of nitrogens with one attached hydrogen (secondary N) is 1. The largest absolute Gasteiger partial charge is 0.496 e. The molecule has 2 amide bonds. The van der Waals surface area contributed by atoms with E-state index in [1.165, 1.54) is 5.56 Å². The average molecular weight is 347 g/mol.